The monoisotopic (exact) mass is 201 g/mol. The van der Waals surface area contributed by atoms with E-state index in [0.29, 0.717) is 18.2 Å². The van der Waals surface area contributed by atoms with Crippen LogP contribution in [0.5, 0.6) is 0 Å². The molecule has 0 saturated heterocycles. The van der Waals surface area contributed by atoms with Crippen LogP contribution in [0.4, 0.5) is 9.93 Å². The van der Waals surface area contributed by atoms with Gasteiger partial charge < -0.3 is 10.6 Å². The largest absolute Gasteiger partial charge is 0.329 e. The molecule has 0 aromatic carbocycles. The molecule has 0 unspecified atom stereocenters. The summed E-state index contributed by atoms with van der Waals surface area (Å²) in [6.07, 6.45) is 0. The number of nitrogens with one attached hydrogen (secondary N) is 1. The van der Waals surface area contributed by atoms with Gasteiger partial charge >= 0.3 is 6.03 Å². The van der Waals surface area contributed by atoms with Crippen LogP contribution in [0.2, 0.25) is 0 Å². The van der Waals surface area contributed by atoms with Crippen LogP contribution in [0, 0.1) is 0 Å². The zero-order valence-corrected chi connectivity index (χ0v) is 8.04. The predicted octanol–water partition coefficient (Wildman–Crippen LogP) is -0.0395. The van der Waals surface area contributed by atoms with Gasteiger partial charge in [-0.1, -0.05) is 11.3 Å². The maximum atomic E-state index is 11.3. The zero-order valence-electron chi connectivity index (χ0n) is 7.23. The smallest absolute Gasteiger partial charge is 0.323 e. The molecule has 1 aromatic rings. The van der Waals surface area contributed by atoms with Crippen molar-refractivity contribution in [3.63, 3.8) is 0 Å². The predicted molar refractivity (Wildman–Crippen MR) is 50.6 cm³/mol. The van der Waals surface area contributed by atoms with Crippen molar-refractivity contribution in [2.75, 3.05) is 25.5 Å². The highest BCUT2D eigenvalue weighted by molar-refractivity contribution is 7.13. The van der Waals surface area contributed by atoms with Crippen LogP contribution >= 0.6 is 11.3 Å². The van der Waals surface area contributed by atoms with Crippen LogP contribution in [0.1, 0.15) is 0 Å². The molecule has 1 heterocycles. The minimum atomic E-state index is -0.220. The number of nitrogens with two attached hydrogens (primary N) is 1. The number of carbonyl (C=O) groups excluding carboxylic acids is 1. The molecule has 3 N–H and O–H groups in total. The summed E-state index contributed by atoms with van der Waals surface area (Å²) < 4.78 is 0. The number of aromatic nitrogens is 2. The number of nitrogens with zero attached hydrogens (tertiary/aromatic N) is 3. The summed E-state index contributed by atoms with van der Waals surface area (Å²) in [5.74, 6) is 0. The highest BCUT2D eigenvalue weighted by Gasteiger charge is 2.08. The Morgan fingerprint density at radius 3 is 3.15 bits per heavy atom. The van der Waals surface area contributed by atoms with E-state index in [1.54, 1.807) is 12.6 Å². The summed E-state index contributed by atoms with van der Waals surface area (Å²) in [6.45, 7) is 0.963. The Morgan fingerprint density at radius 2 is 2.62 bits per heavy atom. The molecule has 0 bridgehead atoms. The molecule has 6 nitrogen and oxygen atoms in total. The van der Waals surface area contributed by atoms with Gasteiger partial charge in [0, 0.05) is 20.1 Å². The number of rotatable bonds is 3. The highest BCUT2D eigenvalue weighted by Crippen LogP contribution is 2.08. The second-order valence-corrected chi connectivity index (χ2v) is 3.22. The molecule has 0 atom stereocenters. The van der Waals surface area contributed by atoms with Gasteiger partial charge in [-0.25, -0.2) is 4.79 Å². The maximum Gasteiger partial charge on any atom is 0.323 e. The number of hydrogen-bond acceptors (Lipinski definition) is 5. The van der Waals surface area contributed by atoms with E-state index in [4.69, 9.17) is 5.73 Å². The zero-order chi connectivity index (χ0) is 9.68. The van der Waals surface area contributed by atoms with Gasteiger partial charge in [0.15, 0.2) is 0 Å². The number of anilines is 1. The van der Waals surface area contributed by atoms with E-state index in [9.17, 15) is 4.79 Å². The summed E-state index contributed by atoms with van der Waals surface area (Å²) >= 11 is 1.27. The first-order valence-electron chi connectivity index (χ1n) is 3.72. The Morgan fingerprint density at radius 1 is 1.85 bits per heavy atom. The Hall–Kier alpha value is -1.21. The molecular weight excluding hydrogens is 190 g/mol. The van der Waals surface area contributed by atoms with Gasteiger partial charge in [0.1, 0.15) is 5.51 Å². The molecule has 0 spiro atoms. The third kappa shape index (κ3) is 2.96. The van der Waals surface area contributed by atoms with E-state index in [-0.39, 0.29) is 6.03 Å². The Labute approximate surface area is 79.8 Å². The highest BCUT2D eigenvalue weighted by atomic mass is 32.1. The van der Waals surface area contributed by atoms with Crippen LogP contribution in [-0.2, 0) is 0 Å². The molecule has 13 heavy (non-hydrogen) atoms. The SMILES string of the molecule is CN(CCN)C(=O)Nc1nncs1. The number of likely N-dealkylation sites (N-methyl/N-ethyl adjacent to an activating group) is 1. The van der Waals surface area contributed by atoms with E-state index < -0.39 is 0 Å². The molecular formula is C6H11N5OS. The Kier molecular flexibility index (Phi) is 3.59. The molecule has 72 valence electrons. The van der Waals surface area contributed by atoms with E-state index in [2.05, 4.69) is 15.5 Å². The minimum absolute atomic E-state index is 0.220. The topological polar surface area (TPSA) is 84.1 Å². The number of hydrogen-bond donors (Lipinski definition) is 2. The fraction of sp³-hybridized carbons (Fsp3) is 0.500. The quantitative estimate of drug-likeness (QED) is 0.718. The molecule has 0 aliphatic rings. The fourth-order valence-corrected chi connectivity index (χ4v) is 1.14. The summed E-state index contributed by atoms with van der Waals surface area (Å²) in [7, 11) is 1.67. The van der Waals surface area contributed by atoms with Crippen molar-refractivity contribution in [1.82, 2.24) is 15.1 Å². The van der Waals surface area contributed by atoms with Crippen molar-refractivity contribution in [2.24, 2.45) is 5.73 Å². The first kappa shape index (κ1) is 9.87. The lowest BCUT2D eigenvalue weighted by Crippen LogP contribution is -2.35. The third-order valence-corrected chi connectivity index (χ3v) is 1.99. The molecule has 0 aliphatic carbocycles. The first-order chi connectivity index (χ1) is 6.24. The molecule has 0 aliphatic heterocycles. The fourth-order valence-electron chi connectivity index (χ4n) is 0.710. The summed E-state index contributed by atoms with van der Waals surface area (Å²) in [5.41, 5.74) is 6.85. The Bertz CT molecular complexity index is 262. The molecule has 1 rings (SSSR count). The first-order valence-corrected chi connectivity index (χ1v) is 4.60. The molecule has 0 fully saturated rings. The molecule has 1 aromatic heterocycles. The van der Waals surface area contributed by atoms with Crippen LogP contribution in [0.3, 0.4) is 0 Å². The number of amides is 2. The van der Waals surface area contributed by atoms with E-state index >= 15 is 0 Å². The van der Waals surface area contributed by atoms with E-state index in [0.717, 1.165) is 0 Å². The van der Waals surface area contributed by atoms with Gasteiger partial charge in [-0.3, -0.25) is 5.32 Å². The van der Waals surface area contributed by atoms with Gasteiger partial charge in [-0.2, -0.15) is 0 Å². The second-order valence-electron chi connectivity index (χ2n) is 2.38. The molecule has 2 amide bonds. The average molecular weight is 201 g/mol. The van der Waals surface area contributed by atoms with Crippen molar-refractivity contribution in [2.45, 2.75) is 0 Å². The van der Waals surface area contributed by atoms with Crippen molar-refractivity contribution in [1.29, 1.82) is 0 Å². The standard InChI is InChI=1S/C6H11N5OS/c1-11(3-2-7)6(12)9-5-10-8-4-13-5/h4H,2-3,7H2,1H3,(H,9,10,12). The van der Waals surface area contributed by atoms with Crippen molar-refractivity contribution < 1.29 is 4.79 Å². The number of carbonyl (C=O) groups is 1. The van der Waals surface area contributed by atoms with Crippen molar-refractivity contribution in [3.8, 4) is 0 Å². The maximum absolute atomic E-state index is 11.3. The van der Waals surface area contributed by atoms with Gasteiger partial charge in [0.25, 0.3) is 0 Å². The molecule has 7 heteroatoms. The van der Waals surface area contributed by atoms with Crippen molar-refractivity contribution >= 4 is 22.5 Å². The van der Waals surface area contributed by atoms with Crippen molar-refractivity contribution in [3.05, 3.63) is 5.51 Å². The van der Waals surface area contributed by atoms with Crippen LogP contribution in [0.25, 0.3) is 0 Å². The lowest BCUT2D eigenvalue weighted by atomic mass is 10.6. The molecule has 0 radical (unpaired) electrons. The minimum Gasteiger partial charge on any atom is -0.329 e. The van der Waals surface area contributed by atoms with Gasteiger partial charge in [-0.05, 0) is 0 Å². The summed E-state index contributed by atoms with van der Waals surface area (Å²) in [6, 6.07) is -0.220. The third-order valence-electron chi connectivity index (χ3n) is 1.39. The lowest BCUT2D eigenvalue weighted by molar-refractivity contribution is 0.223. The molecule has 0 saturated carbocycles. The average Bonchev–Trinajstić information content (AvgIpc) is 2.57. The van der Waals surface area contributed by atoms with Gasteiger partial charge in [0.05, 0.1) is 0 Å². The van der Waals surface area contributed by atoms with Crippen LogP contribution in [-0.4, -0.2) is 41.3 Å². The van der Waals surface area contributed by atoms with E-state index in [1.807, 2.05) is 0 Å². The van der Waals surface area contributed by atoms with E-state index in [1.165, 1.54) is 16.2 Å². The lowest BCUT2D eigenvalue weighted by Gasteiger charge is -2.14. The summed E-state index contributed by atoms with van der Waals surface area (Å²) in [5, 5.41) is 10.3. The van der Waals surface area contributed by atoms with Crippen LogP contribution in [0.15, 0.2) is 5.51 Å². The normalized spacial score (nSPS) is 9.69. The van der Waals surface area contributed by atoms with Crippen LogP contribution < -0.4 is 11.1 Å². The summed E-state index contributed by atoms with van der Waals surface area (Å²) in [4.78, 5) is 12.8. The number of urea groups is 1. The Balaban J connectivity index is 2.41. The van der Waals surface area contributed by atoms with Gasteiger partial charge in [-0.15, -0.1) is 10.2 Å². The second kappa shape index (κ2) is 4.73. The van der Waals surface area contributed by atoms with Gasteiger partial charge in [0.2, 0.25) is 5.13 Å².